The lowest BCUT2D eigenvalue weighted by Crippen LogP contribution is -2.42. The largest absolute Gasteiger partial charge is 0.352 e. The number of hydrogen-bond acceptors (Lipinski definition) is 2. The van der Waals surface area contributed by atoms with Crippen molar-refractivity contribution in [2.75, 3.05) is 6.54 Å². The predicted octanol–water partition coefficient (Wildman–Crippen LogP) is 3.19. The molecule has 4 nitrogen and oxygen atoms in total. The Kier molecular flexibility index (Phi) is 7.29. The van der Waals surface area contributed by atoms with E-state index in [4.69, 9.17) is 0 Å². The summed E-state index contributed by atoms with van der Waals surface area (Å²) in [6, 6.07) is 6.73. The van der Waals surface area contributed by atoms with Gasteiger partial charge in [0.05, 0.1) is 6.54 Å². The van der Waals surface area contributed by atoms with Crippen molar-refractivity contribution in [2.24, 2.45) is 0 Å². The van der Waals surface area contributed by atoms with E-state index in [0.29, 0.717) is 12.5 Å². The van der Waals surface area contributed by atoms with E-state index in [-0.39, 0.29) is 18.4 Å². The van der Waals surface area contributed by atoms with Gasteiger partial charge in [0.15, 0.2) is 0 Å². The van der Waals surface area contributed by atoms with Gasteiger partial charge in [-0.05, 0) is 56.2 Å². The molecule has 0 radical (unpaired) electrons. The van der Waals surface area contributed by atoms with Gasteiger partial charge in [0, 0.05) is 12.5 Å². The number of amides is 2. The van der Waals surface area contributed by atoms with Gasteiger partial charge in [-0.15, -0.1) is 0 Å². The Labute approximate surface area is 145 Å². The molecule has 2 amide bonds. The minimum Gasteiger partial charge on any atom is -0.352 e. The molecule has 1 saturated carbocycles. The second kappa shape index (κ2) is 9.45. The van der Waals surface area contributed by atoms with Crippen LogP contribution in [-0.4, -0.2) is 24.4 Å². The van der Waals surface area contributed by atoms with E-state index in [1.165, 1.54) is 36.0 Å². The number of nitrogens with one attached hydrogen (secondary N) is 2. The maximum atomic E-state index is 11.9. The normalized spacial score (nSPS) is 15.1. The van der Waals surface area contributed by atoms with Crippen LogP contribution in [0.2, 0.25) is 0 Å². The number of aryl methyl sites for hydroxylation is 3. The maximum Gasteiger partial charge on any atom is 0.239 e. The molecule has 0 bridgehead atoms. The smallest absolute Gasteiger partial charge is 0.239 e. The molecule has 1 aromatic carbocycles. The van der Waals surface area contributed by atoms with Crippen molar-refractivity contribution in [3.8, 4) is 0 Å². The summed E-state index contributed by atoms with van der Waals surface area (Å²) in [5.41, 5.74) is 3.85. The van der Waals surface area contributed by atoms with Crippen LogP contribution < -0.4 is 10.6 Å². The quantitative estimate of drug-likeness (QED) is 0.806. The highest BCUT2D eigenvalue weighted by Crippen LogP contribution is 2.17. The van der Waals surface area contributed by atoms with Crippen molar-refractivity contribution >= 4 is 11.8 Å². The molecule has 132 valence electrons. The van der Waals surface area contributed by atoms with Crippen molar-refractivity contribution in [1.82, 2.24) is 10.6 Å². The summed E-state index contributed by atoms with van der Waals surface area (Å²) in [5.74, 6) is -0.109. The Morgan fingerprint density at radius 1 is 1.04 bits per heavy atom. The van der Waals surface area contributed by atoms with Gasteiger partial charge in [-0.3, -0.25) is 9.59 Å². The zero-order valence-corrected chi connectivity index (χ0v) is 15.0. The summed E-state index contributed by atoms with van der Waals surface area (Å²) in [6.07, 6.45) is 7.94. The van der Waals surface area contributed by atoms with E-state index in [1.807, 2.05) is 0 Å². The van der Waals surface area contributed by atoms with Crippen LogP contribution >= 0.6 is 0 Å². The first-order valence-corrected chi connectivity index (χ1v) is 9.17. The number of hydrogen-bond donors (Lipinski definition) is 2. The van der Waals surface area contributed by atoms with Crippen molar-refractivity contribution in [3.63, 3.8) is 0 Å². The maximum absolute atomic E-state index is 11.9. The summed E-state index contributed by atoms with van der Waals surface area (Å²) >= 11 is 0. The standard InChI is InChI=1S/C20H30N2O2/c1-15-11-12-17(13-16(15)2)7-6-10-19(23)21-14-20(24)22-18-8-4-3-5-9-18/h11-13,18H,3-10,14H2,1-2H3,(H,21,23)(H,22,24). The minimum atomic E-state index is -0.0654. The highest BCUT2D eigenvalue weighted by atomic mass is 16.2. The molecule has 1 aliphatic carbocycles. The second-order valence-corrected chi connectivity index (χ2v) is 6.95. The molecule has 0 atom stereocenters. The van der Waals surface area contributed by atoms with Gasteiger partial charge in [0.1, 0.15) is 0 Å². The Morgan fingerprint density at radius 3 is 2.50 bits per heavy atom. The zero-order valence-electron chi connectivity index (χ0n) is 15.0. The van der Waals surface area contributed by atoms with Gasteiger partial charge in [0.25, 0.3) is 0 Å². The van der Waals surface area contributed by atoms with Crippen LogP contribution in [0, 0.1) is 13.8 Å². The van der Waals surface area contributed by atoms with Gasteiger partial charge in [-0.25, -0.2) is 0 Å². The fraction of sp³-hybridized carbons (Fsp3) is 0.600. The number of carbonyl (C=O) groups excluding carboxylic acids is 2. The van der Waals surface area contributed by atoms with E-state index in [0.717, 1.165) is 25.7 Å². The van der Waals surface area contributed by atoms with Crippen LogP contribution in [0.5, 0.6) is 0 Å². The highest BCUT2D eigenvalue weighted by molar-refractivity contribution is 5.84. The summed E-state index contributed by atoms with van der Waals surface area (Å²) in [4.78, 5) is 23.7. The van der Waals surface area contributed by atoms with Gasteiger partial charge >= 0.3 is 0 Å². The SMILES string of the molecule is Cc1ccc(CCCC(=O)NCC(=O)NC2CCCCC2)cc1C. The average Bonchev–Trinajstić information content (AvgIpc) is 2.57. The summed E-state index contributed by atoms with van der Waals surface area (Å²) < 4.78 is 0. The highest BCUT2D eigenvalue weighted by Gasteiger charge is 2.15. The van der Waals surface area contributed by atoms with E-state index < -0.39 is 0 Å². The van der Waals surface area contributed by atoms with Crippen LogP contribution in [0.3, 0.4) is 0 Å². The molecule has 0 saturated heterocycles. The van der Waals surface area contributed by atoms with Crippen LogP contribution in [0.4, 0.5) is 0 Å². The van der Waals surface area contributed by atoms with Gasteiger partial charge in [-0.1, -0.05) is 37.5 Å². The zero-order chi connectivity index (χ0) is 17.4. The van der Waals surface area contributed by atoms with Gasteiger partial charge in [0.2, 0.25) is 11.8 Å². The van der Waals surface area contributed by atoms with E-state index in [1.54, 1.807) is 0 Å². The third kappa shape index (κ3) is 6.34. The molecule has 0 spiro atoms. The van der Waals surface area contributed by atoms with Crippen LogP contribution in [-0.2, 0) is 16.0 Å². The Balaban J connectivity index is 1.60. The van der Waals surface area contributed by atoms with Gasteiger partial charge < -0.3 is 10.6 Å². The third-order valence-electron chi connectivity index (χ3n) is 4.86. The fourth-order valence-corrected chi connectivity index (χ4v) is 3.20. The van der Waals surface area contributed by atoms with Crippen LogP contribution in [0.1, 0.15) is 61.6 Å². The molecule has 0 unspecified atom stereocenters. The lowest BCUT2D eigenvalue weighted by molar-refractivity contribution is -0.126. The van der Waals surface area contributed by atoms with Crippen molar-refractivity contribution in [1.29, 1.82) is 0 Å². The van der Waals surface area contributed by atoms with Crippen molar-refractivity contribution in [2.45, 2.75) is 71.3 Å². The van der Waals surface area contributed by atoms with Gasteiger partial charge in [-0.2, -0.15) is 0 Å². The average molecular weight is 330 g/mol. The molecule has 24 heavy (non-hydrogen) atoms. The topological polar surface area (TPSA) is 58.2 Å². The molecular formula is C20H30N2O2. The van der Waals surface area contributed by atoms with Crippen LogP contribution in [0.25, 0.3) is 0 Å². The molecule has 1 aliphatic rings. The molecule has 0 heterocycles. The molecule has 4 heteroatoms. The molecule has 1 fully saturated rings. The Bertz CT molecular complexity index is 563. The molecular weight excluding hydrogens is 300 g/mol. The van der Waals surface area contributed by atoms with E-state index in [9.17, 15) is 9.59 Å². The van der Waals surface area contributed by atoms with Crippen molar-refractivity contribution in [3.05, 3.63) is 34.9 Å². The minimum absolute atomic E-state index is 0.0439. The van der Waals surface area contributed by atoms with E-state index >= 15 is 0 Å². The van der Waals surface area contributed by atoms with E-state index in [2.05, 4.69) is 42.7 Å². The second-order valence-electron chi connectivity index (χ2n) is 6.95. The van der Waals surface area contributed by atoms with Crippen LogP contribution in [0.15, 0.2) is 18.2 Å². The van der Waals surface area contributed by atoms with Crippen molar-refractivity contribution < 1.29 is 9.59 Å². The monoisotopic (exact) mass is 330 g/mol. The fourth-order valence-electron chi connectivity index (χ4n) is 3.20. The third-order valence-corrected chi connectivity index (χ3v) is 4.86. The lowest BCUT2D eigenvalue weighted by Gasteiger charge is -2.22. The summed E-state index contributed by atoms with van der Waals surface area (Å²) in [7, 11) is 0. The molecule has 0 aromatic heterocycles. The first-order chi connectivity index (χ1) is 11.5. The number of carbonyl (C=O) groups is 2. The first kappa shape index (κ1) is 18.5. The lowest BCUT2D eigenvalue weighted by atomic mass is 9.95. The number of benzene rings is 1. The predicted molar refractivity (Wildman–Crippen MR) is 96.9 cm³/mol. The molecule has 1 aromatic rings. The summed E-state index contributed by atoms with van der Waals surface area (Å²) in [6.45, 7) is 4.31. The molecule has 2 rings (SSSR count). The molecule has 2 N–H and O–H groups in total. The Hall–Kier alpha value is -1.84. The summed E-state index contributed by atoms with van der Waals surface area (Å²) in [5, 5.41) is 5.74. The Morgan fingerprint density at radius 2 is 1.79 bits per heavy atom. The molecule has 0 aliphatic heterocycles. The first-order valence-electron chi connectivity index (χ1n) is 9.17. The number of rotatable bonds is 7.